The number of benzene rings is 2. The van der Waals surface area contributed by atoms with Gasteiger partial charge in [-0.25, -0.2) is 28.0 Å². The number of halogens is 2. The molecular weight excluding hydrogens is 862 g/mol. The topological polar surface area (TPSA) is 247 Å². The number of rotatable bonds is 18. The van der Waals surface area contributed by atoms with E-state index in [1.54, 1.807) is 75.3 Å². The summed E-state index contributed by atoms with van der Waals surface area (Å²) in [4.78, 5) is 63.2. The highest BCUT2D eigenvalue weighted by molar-refractivity contribution is 5.91. The summed E-state index contributed by atoms with van der Waals surface area (Å²) >= 11 is 0. The molecule has 0 saturated carbocycles. The van der Waals surface area contributed by atoms with Crippen molar-refractivity contribution in [2.24, 2.45) is 0 Å². The van der Waals surface area contributed by atoms with Crippen LogP contribution in [0.1, 0.15) is 83.1 Å². The molecule has 2 aromatic carbocycles. The maximum absolute atomic E-state index is 14.9. The summed E-state index contributed by atoms with van der Waals surface area (Å²) < 4.78 is 76.4. The fourth-order valence-electron chi connectivity index (χ4n) is 5.21. The number of anilines is 2. The van der Waals surface area contributed by atoms with E-state index < -0.39 is 58.2 Å². The molecule has 4 aromatic rings. The first kappa shape index (κ1) is 52.6. The Balaban J connectivity index is 0.000000345. The number of ether oxygens (including phenoxy) is 9. The number of carboxylic acid groups (broad SMARTS) is 1. The van der Waals surface area contributed by atoms with Crippen molar-refractivity contribution >= 4 is 57.4 Å². The lowest BCUT2D eigenvalue weighted by Gasteiger charge is -2.24. The number of carbonyl (C=O) groups is 4. The molecule has 22 heteroatoms. The standard InChI is InChI=1S/C22H30FN3O7.C21H28FN3O7/c1-8-30-19-24-16-14(11-13(12-15(16)23)26-22(5,6)18(27)29-7)17(25-19)31-9-10-32-20(28)33-21(2,3)4;1-7-29-18-23-15-13(10-12(11-14(15)22)25-21(5,6)17(26)27)16(24-18)30-8-9-31-19(28)32-20(2,3)4/h11-12,26H,8-10H2,1-7H3;10-11,25H,7-9H2,1-6H3,(H,26,27). The average molecular weight is 921 g/mol. The first-order valence-electron chi connectivity index (χ1n) is 20.3. The van der Waals surface area contributed by atoms with Crippen molar-refractivity contribution < 1.29 is 75.7 Å². The lowest BCUT2D eigenvalue weighted by Crippen LogP contribution is -2.41. The second kappa shape index (κ2) is 22.2. The number of carboxylic acids is 1. The van der Waals surface area contributed by atoms with E-state index in [9.17, 15) is 33.1 Å². The molecule has 0 atom stereocenters. The van der Waals surface area contributed by atoms with Gasteiger partial charge in [-0.3, -0.25) is 0 Å². The average Bonchev–Trinajstić information content (AvgIpc) is 3.17. The van der Waals surface area contributed by atoms with E-state index in [1.807, 2.05) is 0 Å². The number of methoxy groups -OCH3 is 1. The Morgan fingerprint density at radius 1 is 0.585 bits per heavy atom. The molecular formula is C43H58F2N6O14. The molecule has 4 rings (SSSR count). The first-order chi connectivity index (χ1) is 30.2. The molecule has 0 aliphatic carbocycles. The van der Waals surface area contributed by atoms with E-state index in [4.69, 9.17) is 42.6 Å². The van der Waals surface area contributed by atoms with Gasteiger partial charge in [0, 0.05) is 11.4 Å². The summed E-state index contributed by atoms with van der Waals surface area (Å²) in [7, 11) is 1.27. The summed E-state index contributed by atoms with van der Waals surface area (Å²) in [6, 6.07) is 5.19. The third-order valence-corrected chi connectivity index (χ3v) is 7.95. The molecule has 3 N–H and O–H groups in total. The number of hydrogen-bond acceptors (Lipinski definition) is 19. The molecule has 20 nitrogen and oxygen atoms in total. The normalized spacial score (nSPS) is 11.7. The number of esters is 1. The minimum absolute atomic E-state index is 0.0121. The zero-order valence-electron chi connectivity index (χ0n) is 38.9. The molecule has 0 fully saturated rings. The Bertz CT molecular complexity index is 2320. The van der Waals surface area contributed by atoms with Crippen molar-refractivity contribution in [1.82, 2.24) is 19.9 Å². The van der Waals surface area contributed by atoms with Crippen LogP contribution in [0.5, 0.6) is 23.8 Å². The number of nitrogens with zero attached hydrogens (tertiary/aromatic N) is 4. The Morgan fingerprint density at radius 2 is 0.969 bits per heavy atom. The molecule has 0 radical (unpaired) electrons. The number of hydrogen-bond donors (Lipinski definition) is 3. The lowest BCUT2D eigenvalue weighted by molar-refractivity contribution is -0.144. The predicted molar refractivity (Wildman–Crippen MR) is 232 cm³/mol. The molecule has 0 unspecified atom stereocenters. The highest BCUT2D eigenvalue weighted by atomic mass is 19.1. The van der Waals surface area contributed by atoms with Crippen molar-refractivity contribution in [1.29, 1.82) is 0 Å². The molecule has 0 aliphatic rings. The first-order valence-corrected chi connectivity index (χ1v) is 20.3. The van der Waals surface area contributed by atoms with Crippen LogP contribution in [0.4, 0.5) is 29.7 Å². The zero-order valence-corrected chi connectivity index (χ0v) is 38.9. The van der Waals surface area contributed by atoms with Gasteiger partial charge in [-0.15, -0.1) is 0 Å². The van der Waals surface area contributed by atoms with Crippen molar-refractivity contribution in [2.45, 2.75) is 105 Å². The molecule has 65 heavy (non-hydrogen) atoms. The lowest BCUT2D eigenvalue weighted by atomic mass is 10.0. The molecule has 2 heterocycles. The van der Waals surface area contributed by atoms with Gasteiger partial charge in [0.15, 0.2) is 11.6 Å². The number of aliphatic carboxylic acids is 1. The Morgan fingerprint density at radius 3 is 1.31 bits per heavy atom. The third-order valence-electron chi connectivity index (χ3n) is 7.95. The van der Waals surface area contributed by atoms with Crippen LogP contribution in [0.3, 0.4) is 0 Å². The molecule has 0 spiro atoms. The smallest absolute Gasteiger partial charge is 0.480 e. The van der Waals surface area contributed by atoms with Crippen LogP contribution in [0, 0.1) is 11.6 Å². The molecule has 358 valence electrons. The van der Waals surface area contributed by atoms with Gasteiger partial charge >= 0.3 is 36.3 Å². The molecule has 0 saturated heterocycles. The van der Waals surface area contributed by atoms with E-state index in [2.05, 4.69) is 30.6 Å². The number of fused-ring (bicyclic) bond motifs is 2. The van der Waals surface area contributed by atoms with Gasteiger partial charge in [0.05, 0.1) is 31.1 Å². The van der Waals surface area contributed by atoms with Crippen LogP contribution in [0.15, 0.2) is 24.3 Å². The highest BCUT2D eigenvalue weighted by Gasteiger charge is 2.30. The number of carbonyl (C=O) groups excluding carboxylic acids is 3. The van der Waals surface area contributed by atoms with Crippen LogP contribution in [0.2, 0.25) is 0 Å². The van der Waals surface area contributed by atoms with E-state index in [-0.39, 0.29) is 96.6 Å². The summed E-state index contributed by atoms with van der Waals surface area (Å²) in [5.41, 5.74) is -3.46. The van der Waals surface area contributed by atoms with Gasteiger partial charge in [0.1, 0.15) is 59.7 Å². The molecule has 0 amide bonds. The van der Waals surface area contributed by atoms with Crippen molar-refractivity contribution in [3.05, 3.63) is 35.9 Å². The molecule has 0 bridgehead atoms. The van der Waals surface area contributed by atoms with Crippen molar-refractivity contribution in [2.75, 3.05) is 57.4 Å². The summed E-state index contributed by atoms with van der Waals surface area (Å²) in [5.74, 6) is -3.02. The quantitative estimate of drug-likeness (QED) is 0.0493. The van der Waals surface area contributed by atoms with E-state index >= 15 is 0 Å². The van der Waals surface area contributed by atoms with Crippen LogP contribution in [-0.4, -0.2) is 118 Å². The fraction of sp³-hybridized carbons (Fsp3) is 0.535. The number of aromatic nitrogens is 4. The van der Waals surface area contributed by atoms with Gasteiger partial charge in [-0.2, -0.15) is 19.9 Å². The van der Waals surface area contributed by atoms with Gasteiger partial charge < -0.3 is 58.4 Å². The maximum Gasteiger partial charge on any atom is 0.508 e. The van der Waals surface area contributed by atoms with E-state index in [0.717, 1.165) is 6.07 Å². The van der Waals surface area contributed by atoms with E-state index in [0.29, 0.717) is 0 Å². The zero-order chi connectivity index (χ0) is 48.9. The Hall–Kier alpha value is -6.74. The van der Waals surface area contributed by atoms with Gasteiger partial charge in [0.2, 0.25) is 11.8 Å². The second-order valence-electron chi connectivity index (χ2n) is 16.8. The van der Waals surface area contributed by atoms with Gasteiger partial charge in [0.25, 0.3) is 0 Å². The largest absolute Gasteiger partial charge is 0.508 e. The van der Waals surface area contributed by atoms with Crippen LogP contribution in [0.25, 0.3) is 21.8 Å². The third kappa shape index (κ3) is 16.4. The molecule has 2 aromatic heterocycles. The van der Waals surface area contributed by atoms with Crippen LogP contribution >= 0.6 is 0 Å². The number of nitrogens with one attached hydrogen (secondary N) is 2. The minimum atomic E-state index is -1.35. The second-order valence-corrected chi connectivity index (χ2v) is 16.8. The predicted octanol–water partition coefficient (Wildman–Crippen LogP) is 7.63. The maximum atomic E-state index is 14.9. The highest BCUT2D eigenvalue weighted by Crippen LogP contribution is 2.33. The van der Waals surface area contributed by atoms with Crippen LogP contribution in [-0.2, 0) is 33.3 Å². The van der Waals surface area contributed by atoms with E-state index in [1.165, 1.54) is 33.1 Å². The summed E-state index contributed by atoms with van der Waals surface area (Å²) in [5, 5.41) is 15.4. The fourth-order valence-corrected chi connectivity index (χ4v) is 5.21. The Labute approximate surface area is 374 Å². The minimum Gasteiger partial charge on any atom is -0.480 e. The Kier molecular flexibility index (Phi) is 18.0. The monoisotopic (exact) mass is 920 g/mol. The van der Waals surface area contributed by atoms with Crippen molar-refractivity contribution in [3.8, 4) is 23.8 Å². The van der Waals surface area contributed by atoms with Gasteiger partial charge in [-0.05, 0) is 107 Å². The summed E-state index contributed by atoms with van der Waals surface area (Å²) in [6.07, 6.45) is -1.69. The SMILES string of the molecule is CCOc1nc(OCCOC(=O)OC(C)(C)C)c2cc(NC(C)(C)C(=O)O)cc(F)c2n1.CCOc1nc(OCCOC(=O)OC(C)(C)C)c2cc(NC(C)(C)C(=O)OC)cc(F)c2n1. The van der Waals surface area contributed by atoms with Crippen LogP contribution < -0.4 is 29.6 Å². The summed E-state index contributed by atoms with van der Waals surface area (Å²) in [6.45, 7) is 19.9. The molecule has 0 aliphatic heterocycles. The van der Waals surface area contributed by atoms with Gasteiger partial charge in [-0.1, -0.05) is 0 Å². The van der Waals surface area contributed by atoms with Crippen molar-refractivity contribution in [3.63, 3.8) is 0 Å².